The highest BCUT2D eigenvalue weighted by Crippen LogP contribution is 2.58. The van der Waals surface area contributed by atoms with Gasteiger partial charge in [-0.05, 0) is 73.0 Å². The fourth-order valence-electron chi connectivity index (χ4n) is 8.64. The molecule has 3 N–H and O–H groups in total. The van der Waals surface area contributed by atoms with Crippen molar-refractivity contribution in [3.63, 3.8) is 0 Å². The fraction of sp³-hybridized carbons (Fsp3) is 0.444. The van der Waals surface area contributed by atoms with E-state index in [1.165, 1.54) is 36.1 Å². The lowest BCUT2D eigenvalue weighted by atomic mass is 9.90. The number of ether oxygens (including phenoxy) is 1. The van der Waals surface area contributed by atoms with Gasteiger partial charge in [-0.3, -0.25) is 23.7 Å². The molecular weight excluding hydrogens is 821 g/mol. The largest absolute Gasteiger partial charge is 0.465 e. The van der Waals surface area contributed by atoms with Gasteiger partial charge in [-0.2, -0.15) is 5.26 Å². The quantitative estimate of drug-likeness (QED) is 0.0917. The van der Waals surface area contributed by atoms with E-state index in [9.17, 15) is 34.1 Å². The molecule has 3 aliphatic rings. The summed E-state index contributed by atoms with van der Waals surface area (Å²) in [6, 6.07) is 22.4. The highest BCUT2D eigenvalue weighted by Gasteiger charge is 2.51. The summed E-state index contributed by atoms with van der Waals surface area (Å²) in [5.41, 5.74) is 0.954. The van der Waals surface area contributed by atoms with Crippen molar-refractivity contribution in [1.82, 2.24) is 20.2 Å². The van der Waals surface area contributed by atoms with Gasteiger partial charge >= 0.3 is 13.5 Å². The summed E-state index contributed by atoms with van der Waals surface area (Å²) in [6.45, 7) is 3.93. The number of benzene rings is 3. The Morgan fingerprint density at radius 1 is 1.02 bits per heavy atom. The Hall–Kier alpha value is -5.13. The number of nitrogens with zero attached hydrogens (tertiary/aromatic N) is 3. The van der Waals surface area contributed by atoms with E-state index in [2.05, 4.69) is 16.5 Å². The van der Waals surface area contributed by atoms with E-state index in [1.54, 1.807) is 35.2 Å². The van der Waals surface area contributed by atoms with E-state index in [0.717, 1.165) is 29.7 Å². The smallest absolute Gasteiger partial charge is 0.355 e. The maximum atomic E-state index is 16.6. The molecule has 3 fully saturated rings. The highest BCUT2D eigenvalue weighted by atomic mass is 32.1. The van der Waals surface area contributed by atoms with Gasteiger partial charge in [-0.15, -0.1) is 11.3 Å². The molecule has 9 atom stereocenters. The van der Waals surface area contributed by atoms with E-state index in [1.807, 2.05) is 37.3 Å². The molecule has 0 saturated carbocycles. The van der Waals surface area contributed by atoms with Gasteiger partial charge in [-0.1, -0.05) is 80.8 Å². The average Bonchev–Trinajstić information content (AvgIpc) is 4.00. The van der Waals surface area contributed by atoms with Gasteiger partial charge in [0.05, 0.1) is 35.6 Å². The molecular formula is C45H51FN5O8PS. The van der Waals surface area contributed by atoms with Gasteiger partial charge in [0.1, 0.15) is 23.9 Å². The fourth-order valence-corrected chi connectivity index (χ4v) is 11.5. The van der Waals surface area contributed by atoms with Crippen molar-refractivity contribution < 1.29 is 42.5 Å². The molecule has 0 bridgehead atoms. The first-order valence-electron chi connectivity index (χ1n) is 20.9. The number of hydrogen-bond acceptors (Lipinski definition) is 10. The van der Waals surface area contributed by atoms with Crippen LogP contribution in [-0.2, 0) is 23.7 Å². The van der Waals surface area contributed by atoms with Crippen LogP contribution in [0.3, 0.4) is 0 Å². The van der Waals surface area contributed by atoms with Crippen molar-refractivity contribution >= 4 is 52.6 Å². The van der Waals surface area contributed by atoms with Crippen LogP contribution >= 0.6 is 18.9 Å². The highest BCUT2D eigenvalue weighted by molar-refractivity contribution is 7.57. The van der Waals surface area contributed by atoms with Gasteiger partial charge in [0.25, 0.3) is 5.91 Å². The van der Waals surface area contributed by atoms with E-state index >= 15 is 4.39 Å². The summed E-state index contributed by atoms with van der Waals surface area (Å²) in [6.07, 6.45) is 2.70. The number of carbonyl (C=O) groups excluding carboxylic acids is 4. The Kier molecular flexibility index (Phi) is 13.9. The average molecular weight is 872 g/mol. The number of hydrogen-bond donors (Lipinski definition) is 3. The molecule has 1 aromatic heterocycles. The maximum absolute atomic E-state index is 16.6. The normalized spacial score (nSPS) is 24.9. The zero-order chi connectivity index (χ0) is 43.3. The van der Waals surface area contributed by atoms with Crippen molar-refractivity contribution in [2.75, 3.05) is 19.7 Å². The van der Waals surface area contributed by atoms with Crippen LogP contribution in [0.2, 0.25) is 0 Å². The van der Waals surface area contributed by atoms with Crippen LogP contribution in [0, 0.1) is 17.2 Å². The van der Waals surface area contributed by atoms with Crippen LogP contribution in [0.4, 0.5) is 4.39 Å². The number of aliphatic hydroxyl groups excluding tert-OH is 1. The molecule has 3 saturated heterocycles. The van der Waals surface area contributed by atoms with Crippen LogP contribution in [0.1, 0.15) is 91.4 Å². The molecule has 13 nitrogen and oxygen atoms in total. The molecule has 4 aromatic rings. The topological polar surface area (TPSA) is 178 Å². The molecule has 7 rings (SSSR count). The molecule has 16 heteroatoms. The van der Waals surface area contributed by atoms with Crippen molar-refractivity contribution in [3.8, 4) is 11.8 Å². The number of carbonyl (C=O) groups is 4. The Morgan fingerprint density at radius 3 is 2.46 bits per heavy atom. The zero-order valence-electron chi connectivity index (χ0n) is 34.2. The van der Waals surface area contributed by atoms with Crippen LogP contribution < -0.4 is 14.9 Å². The van der Waals surface area contributed by atoms with Gasteiger partial charge < -0.3 is 29.5 Å². The number of amides is 3. The molecule has 0 spiro atoms. The summed E-state index contributed by atoms with van der Waals surface area (Å²) >= 11 is 1.14. The first kappa shape index (κ1) is 43.9. The van der Waals surface area contributed by atoms with Crippen molar-refractivity contribution in [2.45, 2.75) is 101 Å². The van der Waals surface area contributed by atoms with Gasteiger partial charge in [0, 0.05) is 30.1 Å². The molecule has 4 heterocycles. The number of nitriles is 1. The Labute approximate surface area is 358 Å². The molecule has 3 aromatic carbocycles. The molecule has 3 aliphatic heterocycles. The zero-order valence-corrected chi connectivity index (χ0v) is 35.9. The Morgan fingerprint density at radius 2 is 1.74 bits per heavy atom. The number of fused-ring (bicyclic) bond motifs is 2. The van der Waals surface area contributed by atoms with E-state index in [4.69, 9.17) is 9.26 Å². The van der Waals surface area contributed by atoms with Crippen LogP contribution in [-0.4, -0.2) is 88.6 Å². The predicted molar refractivity (Wildman–Crippen MR) is 228 cm³/mol. The molecule has 3 amide bonds. The number of rotatable bonds is 13. The van der Waals surface area contributed by atoms with Crippen LogP contribution in [0.5, 0.6) is 5.75 Å². The number of thiophene rings is 1. The molecule has 0 radical (unpaired) electrons. The maximum Gasteiger partial charge on any atom is 0.355 e. The third kappa shape index (κ3) is 9.68. The van der Waals surface area contributed by atoms with Gasteiger partial charge in [0.15, 0.2) is 0 Å². The number of para-hydroxylation sites is 1. The monoisotopic (exact) mass is 871 g/mol. The first-order valence-corrected chi connectivity index (χ1v) is 23.4. The second-order valence-corrected chi connectivity index (χ2v) is 19.2. The van der Waals surface area contributed by atoms with Crippen LogP contribution in [0.15, 0.2) is 84.9 Å². The number of halogens is 1. The third-order valence-corrected chi connectivity index (χ3v) is 15.0. The SMILES string of the molecule is CCCOC(=O)[C@H](C)NP(=O)(Oc1ccccc1)C(F)c1ccc2sc(C(=O)N[C@H]3CCCCC[C@H]4[C@H](O)C[C@@H](C(=O)N5CC(C#N)C(c6ccccc6)C5)N4C3=O)cc2c1. The summed E-state index contributed by atoms with van der Waals surface area (Å²) in [5, 5.41) is 27.2. The Balaban J connectivity index is 1.09. The second kappa shape index (κ2) is 19.3. The summed E-state index contributed by atoms with van der Waals surface area (Å²) < 4.78 is 42.5. The van der Waals surface area contributed by atoms with E-state index < -0.39 is 67.4 Å². The molecule has 4 unspecified atom stereocenters. The third-order valence-electron chi connectivity index (χ3n) is 11.8. The molecule has 61 heavy (non-hydrogen) atoms. The van der Waals surface area contributed by atoms with Crippen molar-refractivity contribution in [3.05, 3.63) is 101 Å². The lowest BCUT2D eigenvalue weighted by molar-refractivity contribution is -0.146. The number of esters is 1. The van der Waals surface area contributed by atoms with Gasteiger partial charge in [0.2, 0.25) is 17.7 Å². The number of likely N-dealkylation sites (tertiary alicyclic amines) is 1. The minimum absolute atomic E-state index is 0.00637. The minimum Gasteiger partial charge on any atom is -0.465 e. The van der Waals surface area contributed by atoms with E-state index in [-0.39, 0.29) is 47.6 Å². The minimum atomic E-state index is -4.48. The molecule has 322 valence electrons. The number of alkyl halides is 1. The van der Waals surface area contributed by atoms with Crippen molar-refractivity contribution in [1.29, 1.82) is 5.26 Å². The lowest BCUT2D eigenvalue weighted by Crippen LogP contribution is -2.56. The molecule has 0 aliphatic carbocycles. The number of nitrogens with one attached hydrogen (secondary N) is 2. The first-order chi connectivity index (χ1) is 29.4. The summed E-state index contributed by atoms with van der Waals surface area (Å²) in [5.74, 6) is -4.68. The standard InChI is InChI=1S/C45H51FN5O8PS/c1-3-21-58-45(56)28(2)49-60(57,59-33-15-9-5-10-16-33)41(46)30-19-20-39-31(22-30)23-40(61-39)42(53)48-35-17-11-6-12-18-36-38(52)24-37(51(36)43(35)54)44(55)50-26-32(25-47)34(27-50)29-13-7-4-8-14-29/h4-5,7-10,13-16,19-20,22-23,28,32,34-38,41,52H,3,6,11-12,17-18,21,24,26-27H2,1-2H3,(H,48,53)(H,49,57)/t28-,32?,34?,35-,36-,37-,38+,41?,60?/m0/s1. The summed E-state index contributed by atoms with van der Waals surface area (Å²) in [4.78, 5) is 58.7. The van der Waals surface area contributed by atoms with Gasteiger partial charge in [-0.25, -0.2) is 9.48 Å². The number of aliphatic hydroxyl groups is 1. The Bertz CT molecular complexity index is 2310. The van der Waals surface area contributed by atoms with Crippen molar-refractivity contribution in [2.24, 2.45) is 5.92 Å². The lowest BCUT2D eigenvalue weighted by Gasteiger charge is -2.34. The van der Waals surface area contributed by atoms with E-state index in [0.29, 0.717) is 42.3 Å². The van der Waals surface area contributed by atoms with Crippen LogP contribution in [0.25, 0.3) is 10.1 Å². The predicted octanol–water partition coefficient (Wildman–Crippen LogP) is 7.23. The second-order valence-electron chi connectivity index (χ2n) is 16.1. The summed E-state index contributed by atoms with van der Waals surface area (Å²) in [7, 11) is -4.48.